The van der Waals surface area contributed by atoms with E-state index in [-0.39, 0.29) is 5.91 Å². The Labute approximate surface area is 183 Å². The Kier molecular flexibility index (Phi) is 6.76. The van der Waals surface area contributed by atoms with E-state index in [0.29, 0.717) is 12.2 Å². The molecule has 4 aromatic rings. The second kappa shape index (κ2) is 10.3. The fourth-order valence-electron chi connectivity index (χ4n) is 3.39. The van der Waals surface area contributed by atoms with Crippen LogP contribution in [0, 0.1) is 0 Å². The van der Waals surface area contributed by atoms with Crippen LogP contribution < -0.4 is 10.1 Å². The van der Waals surface area contributed by atoms with Gasteiger partial charge in [-0.3, -0.25) is 4.79 Å². The molecule has 0 fully saturated rings. The Morgan fingerprint density at radius 1 is 0.677 bits per heavy atom. The summed E-state index contributed by atoms with van der Waals surface area (Å²) in [5.74, 6) is 0.675. The molecule has 1 amide bonds. The highest BCUT2D eigenvalue weighted by molar-refractivity contribution is 6.04. The second-order valence-electron chi connectivity index (χ2n) is 7.36. The standard InChI is InChI=1S/C28H25NO2/c30-28(25-15-13-24(14-16-25)23-11-5-2-6-12-23)29-26-17-19-27(20-18-26)31-21-7-10-22-8-3-1-4-9-22/h1-6,8-9,11-20H,7,10,21H2,(H,29,30). The zero-order chi connectivity index (χ0) is 21.3. The first-order valence-electron chi connectivity index (χ1n) is 10.5. The van der Waals surface area contributed by atoms with E-state index in [2.05, 4.69) is 41.7 Å². The molecule has 0 radical (unpaired) electrons. The summed E-state index contributed by atoms with van der Waals surface area (Å²) in [5, 5.41) is 2.94. The van der Waals surface area contributed by atoms with E-state index in [0.717, 1.165) is 35.4 Å². The number of amides is 1. The minimum Gasteiger partial charge on any atom is -0.494 e. The van der Waals surface area contributed by atoms with Gasteiger partial charge in [0.25, 0.3) is 5.91 Å². The molecule has 0 heterocycles. The van der Waals surface area contributed by atoms with E-state index in [1.54, 1.807) is 0 Å². The molecule has 0 saturated carbocycles. The number of rotatable bonds is 8. The van der Waals surface area contributed by atoms with Crippen molar-refractivity contribution in [1.29, 1.82) is 0 Å². The third-order valence-corrected chi connectivity index (χ3v) is 5.09. The number of carbonyl (C=O) groups is 1. The normalized spacial score (nSPS) is 10.5. The Balaban J connectivity index is 1.27. The quantitative estimate of drug-likeness (QED) is 0.333. The van der Waals surface area contributed by atoms with Gasteiger partial charge in [0.15, 0.2) is 0 Å². The molecule has 0 aliphatic rings. The number of hydrogen-bond acceptors (Lipinski definition) is 2. The number of anilines is 1. The lowest BCUT2D eigenvalue weighted by Gasteiger charge is -2.09. The van der Waals surface area contributed by atoms with Gasteiger partial charge in [0.1, 0.15) is 5.75 Å². The molecule has 0 aliphatic heterocycles. The van der Waals surface area contributed by atoms with Crippen LogP contribution in [-0.4, -0.2) is 12.5 Å². The lowest BCUT2D eigenvalue weighted by Crippen LogP contribution is -2.11. The molecule has 0 unspecified atom stereocenters. The SMILES string of the molecule is O=C(Nc1ccc(OCCCc2ccccc2)cc1)c1ccc(-c2ccccc2)cc1. The Bertz CT molecular complexity index is 1090. The molecular formula is C28H25NO2. The molecule has 154 valence electrons. The highest BCUT2D eigenvalue weighted by Crippen LogP contribution is 2.21. The van der Waals surface area contributed by atoms with Crippen molar-refractivity contribution >= 4 is 11.6 Å². The van der Waals surface area contributed by atoms with Crippen molar-refractivity contribution in [2.45, 2.75) is 12.8 Å². The summed E-state index contributed by atoms with van der Waals surface area (Å²) < 4.78 is 5.81. The Hall–Kier alpha value is -3.85. The lowest BCUT2D eigenvalue weighted by molar-refractivity contribution is 0.102. The third kappa shape index (κ3) is 5.83. The summed E-state index contributed by atoms with van der Waals surface area (Å²) in [6.45, 7) is 0.661. The van der Waals surface area contributed by atoms with Crippen molar-refractivity contribution in [3.63, 3.8) is 0 Å². The van der Waals surface area contributed by atoms with Crippen molar-refractivity contribution in [2.75, 3.05) is 11.9 Å². The highest BCUT2D eigenvalue weighted by atomic mass is 16.5. The van der Waals surface area contributed by atoms with E-state index in [4.69, 9.17) is 4.74 Å². The average Bonchev–Trinajstić information content (AvgIpc) is 2.84. The van der Waals surface area contributed by atoms with Crippen LogP contribution in [0.2, 0.25) is 0 Å². The van der Waals surface area contributed by atoms with E-state index >= 15 is 0 Å². The first kappa shape index (κ1) is 20.4. The minimum absolute atomic E-state index is 0.129. The van der Waals surface area contributed by atoms with Crippen molar-refractivity contribution in [2.24, 2.45) is 0 Å². The molecule has 0 bridgehead atoms. The van der Waals surface area contributed by atoms with Crippen LogP contribution in [0.25, 0.3) is 11.1 Å². The van der Waals surface area contributed by atoms with Gasteiger partial charge in [-0.1, -0.05) is 72.8 Å². The van der Waals surface area contributed by atoms with Crippen molar-refractivity contribution in [3.8, 4) is 16.9 Å². The lowest BCUT2D eigenvalue weighted by atomic mass is 10.0. The first-order valence-corrected chi connectivity index (χ1v) is 10.5. The summed E-state index contributed by atoms with van der Waals surface area (Å²) in [5.41, 5.74) is 4.91. The van der Waals surface area contributed by atoms with Crippen LogP contribution in [-0.2, 0) is 6.42 Å². The number of aryl methyl sites for hydroxylation is 1. The van der Waals surface area contributed by atoms with Gasteiger partial charge in [0.2, 0.25) is 0 Å². The van der Waals surface area contributed by atoms with Crippen molar-refractivity contribution in [3.05, 3.63) is 120 Å². The number of carbonyl (C=O) groups excluding carboxylic acids is 1. The van der Waals surface area contributed by atoms with Gasteiger partial charge in [0, 0.05) is 11.3 Å². The topological polar surface area (TPSA) is 38.3 Å². The molecule has 3 heteroatoms. The van der Waals surface area contributed by atoms with Crippen LogP contribution in [0.3, 0.4) is 0 Å². The molecule has 0 aromatic heterocycles. The van der Waals surface area contributed by atoms with Crippen LogP contribution in [0.1, 0.15) is 22.3 Å². The van der Waals surface area contributed by atoms with Crippen molar-refractivity contribution < 1.29 is 9.53 Å². The zero-order valence-electron chi connectivity index (χ0n) is 17.3. The van der Waals surface area contributed by atoms with Gasteiger partial charge >= 0.3 is 0 Å². The molecule has 0 aliphatic carbocycles. The number of nitrogens with one attached hydrogen (secondary N) is 1. The largest absolute Gasteiger partial charge is 0.494 e. The predicted molar refractivity (Wildman–Crippen MR) is 127 cm³/mol. The smallest absolute Gasteiger partial charge is 0.255 e. The summed E-state index contributed by atoms with van der Waals surface area (Å²) >= 11 is 0. The van der Waals surface area contributed by atoms with E-state index in [9.17, 15) is 4.79 Å². The monoisotopic (exact) mass is 407 g/mol. The number of ether oxygens (including phenoxy) is 1. The highest BCUT2D eigenvalue weighted by Gasteiger charge is 2.07. The maximum absolute atomic E-state index is 12.6. The van der Waals surface area contributed by atoms with Crippen molar-refractivity contribution in [1.82, 2.24) is 0 Å². The average molecular weight is 408 g/mol. The van der Waals surface area contributed by atoms with Crippen LogP contribution in [0.4, 0.5) is 5.69 Å². The zero-order valence-corrected chi connectivity index (χ0v) is 17.3. The van der Waals surface area contributed by atoms with E-state index < -0.39 is 0 Å². The van der Waals surface area contributed by atoms with Crippen LogP contribution in [0.15, 0.2) is 109 Å². The maximum Gasteiger partial charge on any atom is 0.255 e. The third-order valence-electron chi connectivity index (χ3n) is 5.09. The van der Waals surface area contributed by atoms with Crippen LogP contribution in [0.5, 0.6) is 5.75 Å². The van der Waals surface area contributed by atoms with Gasteiger partial charge < -0.3 is 10.1 Å². The second-order valence-corrected chi connectivity index (χ2v) is 7.36. The van der Waals surface area contributed by atoms with Gasteiger partial charge in [-0.2, -0.15) is 0 Å². The maximum atomic E-state index is 12.6. The number of hydrogen-bond donors (Lipinski definition) is 1. The first-order chi connectivity index (χ1) is 15.3. The van der Waals surface area contributed by atoms with Gasteiger partial charge in [-0.25, -0.2) is 0 Å². The molecule has 0 saturated heterocycles. The fourth-order valence-corrected chi connectivity index (χ4v) is 3.39. The summed E-state index contributed by atoms with van der Waals surface area (Å²) in [7, 11) is 0. The van der Waals surface area contributed by atoms with E-state index in [1.807, 2.05) is 72.8 Å². The Morgan fingerprint density at radius 3 is 1.97 bits per heavy atom. The molecular weight excluding hydrogens is 382 g/mol. The molecule has 31 heavy (non-hydrogen) atoms. The summed E-state index contributed by atoms with van der Waals surface area (Å²) in [6.07, 6.45) is 1.96. The van der Waals surface area contributed by atoms with Gasteiger partial charge in [-0.05, 0) is 65.9 Å². The molecule has 1 N–H and O–H groups in total. The molecule has 0 spiro atoms. The molecule has 0 atom stereocenters. The molecule has 4 rings (SSSR count). The minimum atomic E-state index is -0.129. The predicted octanol–water partition coefficient (Wildman–Crippen LogP) is 6.62. The van der Waals surface area contributed by atoms with Gasteiger partial charge in [0.05, 0.1) is 6.61 Å². The van der Waals surface area contributed by atoms with E-state index in [1.165, 1.54) is 5.56 Å². The molecule has 3 nitrogen and oxygen atoms in total. The van der Waals surface area contributed by atoms with Crippen LogP contribution >= 0.6 is 0 Å². The summed E-state index contributed by atoms with van der Waals surface area (Å²) in [4.78, 5) is 12.6. The number of benzene rings is 4. The van der Waals surface area contributed by atoms with Gasteiger partial charge in [-0.15, -0.1) is 0 Å². The fraction of sp³-hybridized carbons (Fsp3) is 0.107. The Morgan fingerprint density at radius 2 is 1.29 bits per heavy atom. The summed E-state index contributed by atoms with van der Waals surface area (Å²) in [6, 6.07) is 35.7. The molecule has 4 aromatic carbocycles.